The minimum Gasteiger partial charge on any atom is -0.458 e. The van der Waals surface area contributed by atoms with Crippen LogP contribution in [0.15, 0.2) is 42.5 Å². The summed E-state index contributed by atoms with van der Waals surface area (Å²) >= 11 is 6.06. The first-order valence-electron chi connectivity index (χ1n) is 19.7. The summed E-state index contributed by atoms with van der Waals surface area (Å²) < 4.78 is 34.5. The molecule has 19 heteroatoms. The van der Waals surface area contributed by atoms with E-state index in [0.29, 0.717) is 23.9 Å². The van der Waals surface area contributed by atoms with Crippen LogP contribution in [0.25, 0.3) is 0 Å². The maximum atomic E-state index is 14.7. The van der Waals surface area contributed by atoms with E-state index in [4.69, 9.17) is 16.3 Å². The number of nitrogens with one attached hydrogen (secondary N) is 4. The van der Waals surface area contributed by atoms with E-state index >= 15 is 0 Å². The number of rotatable bonds is 6. The zero-order valence-electron chi connectivity index (χ0n) is 32.8. The number of halogens is 3. The molecule has 59 heavy (non-hydrogen) atoms. The lowest BCUT2D eigenvalue weighted by molar-refractivity contribution is -0.163. The van der Waals surface area contributed by atoms with Gasteiger partial charge in [0.25, 0.3) is 0 Å². The number of aliphatic hydroxyl groups excluding tert-OH is 1. The number of benzene rings is 2. The predicted octanol–water partition coefficient (Wildman–Crippen LogP) is 1.87. The SMILES string of the molecule is C[C@@H]1C[C@H]2C(=O)O[C@@H](C)[C@H](NC(=O)[C@H](Cc3cc(F)cc(F)c3)NC(=O)Nc3cccc(Cl)c3)C(=O)N3C[C@H](O)C[C@H]3C(=O)N3CCCC[C@H]3C(=O)N[C@@H](C)C(=O)N2C1. The van der Waals surface area contributed by atoms with Crippen LogP contribution in [0.1, 0.15) is 58.4 Å². The highest BCUT2D eigenvalue weighted by Gasteiger charge is 2.49. The van der Waals surface area contributed by atoms with E-state index in [1.165, 1.54) is 35.8 Å². The highest BCUT2D eigenvalue weighted by Crippen LogP contribution is 2.29. The standard InChI is InChI=1S/C40H48ClF2N7O9/c1-20-11-32-39(57)59-22(3)33(47-34(52)29(14-23-12-25(42)16-26(43)13-23)46-40(58)45-27-8-6-7-24(41)15-27)38(56)50-19-28(51)17-31(50)37(55)48-10-5-4-9-30(48)35(53)44-21(2)36(54)49(32)18-20/h6-8,12-13,15-16,20-22,28-33,51H,4-5,9-11,14,17-19H2,1-3H3,(H,44,53)(H,47,52)(H2,45,46,58)/t20-,21+,22+,28-,29+,30+,31+,32+,33+/m1/s1. The molecule has 0 radical (unpaired) electrons. The second-order valence-electron chi connectivity index (χ2n) is 15.8. The van der Waals surface area contributed by atoms with E-state index in [9.17, 15) is 47.4 Å². The number of nitrogens with zero attached hydrogens (tertiary/aromatic N) is 3. The summed E-state index contributed by atoms with van der Waals surface area (Å²) in [6.45, 7) is 4.64. The number of cyclic esters (lactones) is 1. The van der Waals surface area contributed by atoms with Crippen LogP contribution in [0, 0.1) is 17.6 Å². The average molecular weight is 844 g/mol. The van der Waals surface area contributed by atoms with Crippen LogP contribution < -0.4 is 21.3 Å². The van der Waals surface area contributed by atoms with Gasteiger partial charge in [-0.05, 0) is 81.3 Å². The number of carbonyl (C=O) groups is 7. The number of fused-ring (bicyclic) bond motifs is 3. The lowest BCUT2D eigenvalue weighted by atomic mass is 9.98. The third-order valence-electron chi connectivity index (χ3n) is 11.1. The van der Waals surface area contributed by atoms with Crippen molar-refractivity contribution in [2.24, 2.45) is 5.92 Å². The fourth-order valence-corrected chi connectivity index (χ4v) is 8.48. The molecule has 16 nitrogen and oxygen atoms in total. The zero-order valence-corrected chi connectivity index (χ0v) is 33.5. The molecule has 0 aromatic heterocycles. The van der Waals surface area contributed by atoms with Gasteiger partial charge in [-0.1, -0.05) is 24.6 Å². The van der Waals surface area contributed by atoms with E-state index in [0.717, 1.165) is 17.0 Å². The van der Waals surface area contributed by atoms with Crippen molar-refractivity contribution in [2.75, 3.05) is 25.0 Å². The van der Waals surface area contributed by atoms with Crippen LogP contribution in [0.3, 0.4) is 0 Å². The van der Waals surface area contributed by atoms with Gasteiger partial charge in [0.05, 0.1) is 6.10 Å². The Bertz CT molecular complexity index is 1970. The molecule has 4 saturated heterocycles. The topological polar surface area (TPSA) is 207 Å². The van der Waals surface area contributed by atoms with Gasteiger partial charge in [0.2, 0.25) is 29.5 Å². The Balaban J connectivity index is 1.36. The van der Waals surface area contributed by atoms with Gasteiger partial charge in [-0.15, -0.1) is 0 Å². The highest BCUT2D eigenvalue weighted by atomic mass is 35.5. The molecule has 4 aliphatic rings. The van der Waals surface area contributed by atoms with Crippen molar-refractivity contribution in [3.05, 3.63) is 64.7 Å². The van der Waals surface area contributed by atoms with Crippen molar-refractivity contribution < 1.29 is 52.2 Å². The number of piperidine rings is 1. The number of ether oxygens (including phenoxy) is 1. The van der Waals surface area contributed by atoms with Crippen LogP contribution in [0.4, 0.5) is 19.3 Å². The summed E-state index contributed by atoms with van der Waals surface area (Å²) in [6.07, 6.45) is -1.68. The molecule has 0 aliphatic carbocycles. The number of esters is 1. The Labute approximate surface area is 344 Å². The number of urea groups is 1. The Kier molecular flexibility index (Phi) is 13.4. The molecule has 0 spiro atoms. The minimum atomic E-state index is -1.76. The molecule has 0 unspecified atom stereocenters. The molecular weight excluding hydrogens is 796 g/mol. The van der Waals surface area contributed by atoms with Gasteiger partial charge >= 0.3 is 12.0 Å². The summed E-state index contributed by atoms with van der Waals surface area (Å²) in [6, 6.07) is -0.0799. The summed E-state index contributed by atoms with van der Waals surface area (Å²) in [5.74, 6) is -6.68. The van der Waals surface area contributed by atoms with E-state index in [1.54, 1.807) is 12.1 Å². The number of hydrogen-bond acceptors (Lipinski definition) is 9. The van der Waals surface area contributed by atoms with Crippen molar-refractivity contribution in [1.29, 1.82) is 0 Å². The zero-order chi connectivity index (χ0) is 42.7. The molecule has 2 aromatic rings. The quantitative estimate of drug-likeness (QED) is 0.269. The number of hydrogen-bond donors (Lipinski definition) is 5. The minimum absolute atomic E-state index is 0.0303. The van der Waals surface area contributed by atoms with Crippen molar-refractivity contribution >= 4 is 58.8 Å². The Morgan fingerprint density at radius 3 is 2.32 bits per heavy atom. The summed E-state index contributed by atoms with van der Waals surface area (Å²) in [5, 5.41) is 21.4. The van der Waals surface area contributed by atoms with Gasteiger partial charge in [-0.25, -0.2) is 18.4 Å². The lowest BCUT2D eigenvalue weighted by Crippen LogP contribution is -2.63. The number of carbonyl (C=O) groups excluding carboxylic acids is 7. The van der Waals surface area contributed by atoms with Gasteiger partial charge in [-0.3, -0.25) is 24.0 Å². The van der Waals surface area contributed by atoms with Crippen molar-refractivity contribution in [3.8, 4) is 0 Å². The molecule has 0 saturated carbocycles. The average Bonchev–Trinajstić information content (AvgIpc) is 3.77. The van der Waals surface area contributed by atoms with Crippen LogP contribution in [0.5, 0.6) is 0 Å². The Morgan fingerprint density at radius 1 is 0.898 bits per heavy atom. The van der Waals surface area contributed by atoms with Gasteiger partial charge in [-0.2, -0.15) is 0 Å². The monoisotopic (exact) mass is 843 g/mol. The number of amides is 7. The largest absolute Gasteiger partial charge is 0.458 e. The molecule has 6 rings (SSSR count). The molecule has 318 valence electrons. The smallest absolute Gasteiger partial charge is 0.329 e. The molecule has 5 N–H and O–H groups in total. The van der Waals surface area contributed by atoms with E-state index < -0.39 is 108 Å². The van der Waals surface area contributed by atoms with Gasteiger partial charge in [0.15, 0.2) is 0 Å². The Hall–Kier alpha value is -5.36. The van der Waals surface area contributed by atoms with Gasteiger partial charge in [0, 0.05) is 49.3 Å². The first-order valence-corrected chi connectivity index (χ1v) is 20.1. The Morgan fingerprint density at radius 2 is 1.61 bits per heavy atom. The van der Waals surface area contributed by atoms with Gasteiger partial charge < -0.3 is 45.8 Å². The third-order valence-corrected chi connectivity index (χ3v) is 11.4. The van der Waals surface area contributed by atoms with Gasteiger partial charge in [0.1, 0.15) is 54.0 Å². The first kappa shape index (κ1) is 43.2. The molecular formula is C40H48ClF2N7O9. The summed E-state index contributed by atoms with van der Waals surface area (Å²) in [7, 11) is 0. The molecule has 9 atom stereocenters. The number of anilines is 1. The van der Waals surface area contributed by atoms with E-state index in [-0.39, 0.29) is 56.1 Å². The highest BCUT2D eigenvalue weighted by molar-refractivity contribution is 6.30. The fourth-order valence-electron chi connectivity index (χ4n) is 8.29. The second-order valence-corrected chi connectivity index (χ2v) is 16.2. The maximum absolute atomic E-state index is 14.7. The summed E-state index contributed by atoms with van der Waals surface area (Å²) in [5.41, 5.74) is 0.219. The second kappa shape index (κ2) is 18.3. The van der Waals surface area contributed by atoms with Crippen molar-refractivity contribution in [3.63, 3.8) is 0 Å². The lowest BCUT2D eigenvalue weighted by Gasteiger charge is -2.39. The van der Waals surface area contributed by atoms with Crippen LogP contribution in [-0.4, -0.2) is 129 Å². The van der Waals surface area contributed by atoms with Crippen LogP contribution in [0.2, 0.25) is 5.02 Å². The summed E-state index contributed by atoms with van der Waals surface area (Å²) in [4.78, 5) is 102. The molecule has 4 fully saturated rings. The van der Waals surface area contributed by atoms with E-state index in [1.807, 2.05) is 6.92 Å². The first-order chi connectivity index (χ1) is 28.0. The number of aliphatic hydroxyl groups is 1. The fraction of sp³-hybridized carbons (Fsp3) is 0.525. The molecule has 2 aromatic carbocycles. The molecule has 0 bridgehead atoms. The van der Waals surface area contributed by atoms with Crippen molar-refractivity contribution in [2.45, 2.75) is 108 Å². The third kappa shape index (κ3) is 10.1. The predicted molar refractivity (Wildman–Crippen MR) is 207 cm³/mol. The van der Waals surface area contributed by atoms with Crippen molar-refractivity contribution in [1.82, 2.24) is 30.7 Å². The van der Waals surface area contributed by atoms with Crippen LogP contribution >= 0.6 is 11.6 Å². The molecule has 4 aliphatic heterocycles. The van der Waals surface area contributed by atoms with Crippen LogP contribution in [-0.2, 0) is 39.9 Å². The molecule has 7 amide bonds. The van der Waals surface area contributed by atoms with E-state index in [2.05, 4.69) is 21.3 Å². The molecule has 4 heterocycles. The normalized spacial score (nSPS) is 28.5. The maximum Gasteiger partial charge on any atom is 0.329 e.